The number of carbonyl (C=O) groups is 2. The predicted octanol–water partition coefficient (Wildman–Crippen LogP) is 2.56. The average Bonchev–Trinajstić information content (AvgIpc) is 2.66. The maximum absolute atomic E-state index is 12.7. The van der Waals surface area contributed by atoms with Gasteiger partial charge in [-0.25, -0.2) is 4.79 Å². The SMILES string of the molecule is CCOC(=O)C1=C(N)OC2=C(C(=O)CCC2)[C@H]1c1ccc(OC)cc1OC. The summed E-state index contributed by atoms with van der Waals surface area (Å²) in [6, 6.07) is 5.23. The molecule has 0 fully saturated rings. The Labute approximate surface area is 157 Å². The van der Waals surface area contributed by atoms with Crippen molar-refractivity contribution in [2.45, 2.75) is 32.1 Å². The number of allylic oxidation sites excluding steroid dienone is 2. The second-order valence-corrected chi connectivity index (χ2v) is 6.25. The highest BCUT2D eigenvalue weighted by atomic mass is 16.5. The van der Waals surface area contributed by atoms with Gasteiger partial charge in [0.1, 0.15) is 22.8 Å². The fourth-order valence-corrected chi connectivity index (χ4v) is 3.53. The lowest BCUT2D eigenvalue weighted by atomic mass is 9.77. The fraction of sp³-hybridized carbons (Fsp3) is 0.400. The van der Waals surface area contributed by atoms with E-state index in [1.807, 2.05) is 0 Å². The van der Waals surface area contributed by atoms with Gasteiger partial charge < -0.3 is 24.7 Å². The Morgan fingerprint density at radius 1 is 1.26 bits per heavy atom. The van der Waals surface area contributed by atoms with E-state index >= 15 is 0 Å². The molecule has 1 aromatic rings. The molecule has 2 aliphatic rings. The highest BCUT2D eigenvalue weighted by Crippen LogP contribution is 2.47. The maximum atomic E-state index is 12.7. The number of nitrogens with two attached hydrogens (primary N) is 1. The van der Waals surface area contributed by atoms with E-state index in [0.29, 0.717) is 47.7 Å². The Kier molecular flexibility index (Phi) is 5.39. The molecule has 0 saturated carbocycles. The average molecular weight is 373 g/mol. The van der Waals surface area contributed by atoms with Crippen molar-refractivity contribution in [2.75, 3.05) is 20.8 Å². The molecule has 0 amide bonds. The molecule has 2 N–H and O–H groups in total. The highest BCUT2D eigenvalue weighted by molar-refractivity contribution is 6.03. The molecule has 1 aliphatic heterocycles. The van der Waals surface area contributed by atoms with Crippen LogP contribution in [-0.4, -0.2) is 32.6 Å². The molecule has 7 nitrogen and oxygen atoms in total. The van der Waals surface area contributed by atoms with Crippen LogP contribution in [0, 0.1) is 0 Å². The molecule has 0 saturated heterocycles. The fourth-order valence-electron chi connectivity index (χ4n) is 3.53. The van der Waals surface area contributed by atoms with E-state index in [1.54, 1.807) is 32.2 Å². The summed E-state index contributed by atoms with van der Waals surface area (Å²) < 4.78 is 21.6. The first kappa shape index (κ1) is 18.8. The lowest BCUT2D eigenvalue weighted by Gasteiger charge is -2.33. The van der Waals surface area contributed by atoms with Gasteiger partial charge in [0.25, 0.3) is 0 Å². The molecule has 1 aliphatic carbocycles. The van der Waals surface area contributed by atoms with Crippen LogP contribution in [0.15, 0.2) is 41.0 Å². The summed E-state index contributed by atoms with van der Waals surface area (Å²) >= 11 is 0. The van der Waals surface area contributed by atoms with Gasteiger partial charge in [0.15, 0.2) is 5.78 Å². The van der Waals surface area contributed by atoms with Crippen molar-refractivity contribution >= 4 is 11.8 Å². The minimum absolute atomic E-state index is 0.0372. The van der Waals surface area contributed by atoms with Crippen LogP contribution in [0.1, 0.15) is 37.7 Å². The number of ether oxygens (including phenoxy) is 4. The van der Waals surface area contributed by atoms with E-state index in [9.17, 15) is 9.59 Å². The number of rotatable bonds is 5. The zero-order chi connectivity index (χ0) is 19.6. The number of hydrogen-bond donors (Lipinski definition) is 1. The van der Waals surface area contributed by atoms with Crippen LogP contribution in [-0.2, 0) is 19.1 Å². The van der Waals surface area contributed by atoms with Gasteiger partial charge in [-0.2, -0.15) is 0 Å². The van der Waals surface area contributed by atoms with Gasteiger partial charge in [-0.05, 0) is 19.4 Å². The van der Waals surface area contributed by atoms with Crippen molar-refractivity contribution in [3.05, 3.63) is 46.6 Å². The summed E-state index contributed by atoms with van der Waals surface area (Å²) in [6.07, 6.45) is 1.67. The van der Waals surface area contributed by atoms with Gasteiger partial charge in [-0.15, -0.1) is 0 Å². The lowest BCUT2D eigenvalue weighted by molar-refractivity contribution is -0.139. The lowest BCUT2D eigenvalue weighted by Crippen LogP contribution is -2.31. The first-order valence-corrected chi connectivity index (χ1v) is 8.84. The third-order valence-corrected chi connectivity index (χ3v) is 4.73. The van der Waals surface area contributed by atoms with Crippen molar-refractivity contribution in [3.8, 4) is 11.5 Å². The number of Topliss-reactive ketones (excluding diaryl/α,β-unsaturated/α-hetero) is 1. The Morgan fingerprint density at radius 3 is 2.70 bits per heavy atom. The van der Waals surface area contributed by atoms with E-state index in [1.165, 1.54) is 7.11 Å². The predicted molar refractivity (Wildman–Crippen MR) is 97.1 cm³/mol. The minimum Gasteiger partial charge on any atom is -0.497 e. The number of hydrogen-bond acceptors (Lipinski definition) is 7. The monoisotopic (exact) mass is 373 g/mol. The van der Waals surface area contributed by atoms with Crippen molar-refractivity contribution in [2.24, 2.45) is 5.73 Å². The van der Waals surface area contributed by atoms with Gasteiger partial charge in [-0.3, -0.25) is 4.79 Å². The van der Waals surface area contributed by atoms with Crippen LogP contribution in [0.2, 0.25) is 0 Å². The number of methoxy groups -OCH3 is 2. The normalized spacial score (nSPS) is 19.4. The van der Waals surface area contributed by atoms with Crippen LogP contribution in [0.5, 0.6) is 11.5 Å². The smallest absolute Gasteiger partial charge is 0.340 e. The second kappa shape index (κ2) is 7.73. The molecule has 0 aromatic heterocycles. The van der Waals surface area contributed by atoms with Crippen molar-refractivity contribution < 1.29 is 28.5 Å². The van der Waals surface area contributed by atoms with Crippen molar-refractivity contribution in [1.82, 2.24) is 0 Å². The summed E-state index contributed by atoms with van der Waals surface area (Å²) in [6.45, 7) is 1.89. The minimum atomic E-state index is -0.707. The molecule has 0 bridgehead atoms. The zero-order valence-electron chi connectivity index (χ0n) is 15.7. The third kappa shape index (κ3) is 3.37. The van der Waals surface area contributed by atoms with Crippen LogP contribution >= 0.6 is 0 Å². The molecule has 1 atom stereocenters. The van der Waals surface area contributed by atoms with Crippen LogP contribution in [0.25, 0.3) is 0 Å². The van der Waals surface area contributed by atoms with Crippen molar-refractivity contribution in [3.63, 3.8) is 0 Å². The number of ketones is 1. The molecule has 1 heterocycles. The quantitative estimate of drug-likeness (QED) is 0.792. The van der Waals surface area contributed by atoms with E-state index < -0.39 is 11.9 Å². The van der Waals surface area contributed by atoms with E-state index in [-0.39, 0.29) is 23.8 Å². The maximum Gasteiger partial charge on any atom is 0.340 e. The first-order valence-electron chi connectivity index (χ1n) is 8.84. The topological polar surface area (TPSA) is 97.1 Å². The van der Waals surface area contributed by atoms with Gasteiger partial charge in [0.05, 0.1) is 26.7 Å². The molecular formula is C20H23NO6. The summed E-state index contributed by atoms with van der Waals surface area (Å²) in [4.78, 5) is 25.4. The van der Waals surface area contributed by atoms with Crippen LogP contribution in [0.3, 0.4) is 0 Å². The largest absolute Gasteiger partial charge is 0.497 e. The molecular weight excluding hydrogens is 350 g/mol. The third-order valence-electron chi connectivity index (χ3n) is 4.73. The Balaban J connectivity index is 2.21. The van der Waals surface area contributed by atoms with Gasteiger partial charge in [0.2, 0.25) is 5.88 Å². The molecule has 3 rings (SSSR count). The highest BCUT2D eigenvalue weighted by Gasteiger charge is 2.42. The Hall–Kier alpha value is -2.96. The number of esters is 1. The zero-order valence-corrected chi connectivity index (χ0v) is 15.7. The van der Waals surface area contributed by atoms with Gasteiger partial charge in [0, 0.05) is 30.0 Å². The molecule has 1 aromatic carbocycles. The molecule has 0 radical (unpaired) electrons. The summed E-state index contributed by atoms with van der Waals surface area (Å²) in [5.74, 6) is 0.185. The van der Waals surface area contributed by atoms with Crippen LogP contribution in [0.4, 0.5) is 0 Å². The van der Waals surface area contributed by atoms with Gasteiger partial charge >= 0.3 is 5.97 Å². The molecule has 7 heteroatoms. The van der Waals surface area contributed by atoms with Crippen LogP contribution < -0.4 is 15.2 Å². The number of benzene rings is 1. The first-order chi connectivity index (χ1) is 13.0. The summed E-state index contributed by atoms with van der Waals surface area (Å²) in [5, 5.41) is 0. The van der Waals surface area contributed by atoms with E-state index in [0.717, 1.165) is 0 Å². The molecule has 0 unspecified atom stereocenters. The van der Waals surface area contributed by atoms with Gasteiger partial charge in [-0.1, -0.05) is 6.07 Å². The van der Waals surface area contributed by atoms with E-state index in [2.05, 4.69) is 0 Å². The second-order valence-electron chi connectivity index (χ2n) is 6.25. The molecule has 27 heavy (non-hydrogen) atoms. The number of carbonyl (C=O) groups excluding carboxylic acids is 2. The van der Waals surface area contributed by atoms with Crippen molar-refractivity contribution in [1.29, 1.82) is 0 Å². The Morgan fingerprint density at radius 2 is 2.04 bits per heavy atom. The molecule has 0 spiro atoms. The van der Waals surface area contributed by atoms with E-state index in [4.69, 9.17) is 24.7 Å². The Bertz CT molecular complexity index is 839. The molecule has 144 valence electrons. The summed E-state index contributed by atoms with van der Waals surface area (Å²) in [7, 11) is 3.07. The standard InChI is InChI=1S/C20H23NO6/c1-4-26-20(23)18-16(12-9-8-11(24-2)10-15(12)25-3)17-13(22)6-5-7-14(17)27-19(18)21/h8-10,16H,4-7,21H2,1-3H3/t16-/m1/s1. The summed E-state index contributed by atoms with van der Waals surface area (Å²) in [5.41, 5.74) is 7.28.